The largest absolute Gasteiger partial charge is 0.505 e. The zero-order valence-electron chi connectivity index (χ0n) is 13.7. The van der Waals surface area contributed by atoms with Crippen molar-refractivity contribution >= 4 is 17.4 Å². The fraction of sp³-hybridized carbons (Fsp3) is 0.100. The summed E-state index contributed by atoms with van der Waals surface area (Å²) in [6.45, 7) is 0. The number of methoxy groups -OCH3 is 1. The van der Waals surface area contributed by atoms with Crippen molar-refractivity contribution < 1.29 is 14.9 Å². The summed E-state index contributed by atoms with van der Waals surface area (Å²) in [5.41, 5.74) is 7.21. The molecule has 0 aliphatic carbocycles. The van der Waals surface area contributed by atoms with Gasteiger partial charge in [0.25, 0.3) is 0 Å². The van der Waals surface area contributed by atoms with Crippen LogP contribution in [0.1, 0.15) is 17.2 Å². The highest BCUT2D eigenvalue weighted by molar-refractivity contribution is 7.99. The Labute approximate surface area is 150 Å². The summed E-state index contributed by atoms with van der Waals surface area (Å²) in [6, 6.07) is 20.4. The summed E-state index contributed by atoms with van der Waals surface area (Å²) in [4.78, 5) is 1.90. The van der Waals surface area contributed by atoms with Gasteiger partial charge in [-0.25, -0.2) is 0 Å². The number of aliphatic hydroxyl groups is 1. The first-order valence-corrected chi connectivity index (χ1v) is 8.57. The van der Waals surface area contributed by atoms with E-state index in [9.17, 15) is 10.2 Å². The van der Waals surface area contributed by atoms with E-state index in [1.165, 1.54) is 11.8 Å². The minimum absolute atomic E-state index is 0.0965. The molecule has 0 fully saturated rings. The van der Waals surface area contributed by atoms with Crippen LogP contribution in [0.3, 0.4) is 0 Å². The highest BCUT2D eigenvalue weighted by Gasteiger charge is 2.18. The first-order chi connectivity index (χ1) is 12.1. The van der Waals surface area contributed by atoms with Gasteiger partial charge in [-0.15, -0.1) is 0 Å². The number of hydrogen-bond acceptors (Lipinski definition) is 5. The molecule has 0 spiro atoms. The predicted molar refractivity (Wildman–Crippen MR) is 100 cm³/mol. The van der Waals surface area contributed by atoms with Crippen LogP contribution in [-0.4, -0.2) is 17.3 Å². The molecule has 128 valence electrons. The molecule has 0 aliphatic heterocycles. The number of nitrogens with two attached hydrogens (primary N) is 1. The molecule has 0 aliphatic rings. The Kier molecular flexibility index (Phi) is 5.16. The lowest BCUT2D eigenvalue weighted by molar-refractivity contribution is 0.215. The summed E-state index contributed by atoms with van der Waals surface area (Å²) >= 11 is 1.52. The number of benzene rings is 3. The molecule has 0 aromatic heterocycles. The molecule has 0 saturated heterocycles. The van der Waals surface area contributed by atoms with Gasteiger partial charge >= 0.3 is 0 Å². The minimum Gasteiger partial charge on any atom is -0.505 e. The van der Waals surface area contributed by atoms with Gasteiger partial charge in [-0.2, -0.15) is 0 Å². The molecule has 3 aromatic carbocycles. The second kappa shape index (κ2) is 7.51. The van der Waals surface area contributed by atoms with Gasteiger partial charge in [0.2, 0.25) is 0 Å². The van der Waals surface area contributed by atoms with Crippen LogP contribution in [0.5, 0.6) is 11.5 Å². The van der Waals surface area contributed by atoms with Crippen LogP contribution in [0, 0.1) is 0 Å². The maximum absolute atomic E-state index is 10.7. The first-order valence-electron chi connectivity index (χ1n) is 7.76. The van der Waals surface area contributed by atoms with Crippen LogP contribution in [-0.2, 0) is 0 Å². The lowest BCUT2D eigenvalue weighted by atomic mass is 10.00. The van der Waals surface area contributed by atoms with Crippen LogP contribution in [0.25, 0.3) is 0 Å². The summed E-state index contributed by atoms with van der Waals surface area (Å²) in [5.74, 6) is 0.605. The monoisotopic (exact) mass is 353 g/mol. The Hall–Kier alpha value is -2.63. The zero-order chi connectivity index (χ0) is 17.8. The molecule has 0 amide bonds. The molecule has 1 atom stereocenters. The molecule has 4 N–H and O–H groups in total. The smallest absolute Gasteiger partial charge is 0.144 e. The first kappa shape index (κ1) is 17.2. The molecule has 5 heteroatoms. The molecular formula is C20H19NO3S. The molecule has 0 heterocycles. The lowest BCUT2D eigenvalue weighted by Crippen LogP contribution is -2.02. The van der Waals surface area contributed by atoms with Crippen LogP contribution in [0.15, 0.2) is 76.5 Å². The van der Waals surface area contributed by atoms with E-state index in [0.717, 1.165) is 9.79 Å². The second-order valence-electron chi connectivity index (χ2n) is 5.54. The number of ether oxygens (including phenoxy) is 1. The Morgan fingerprint density at radius 3 is 2.28 bits per heavy atom. The van der Waals surface area contributed by atoms with Gasteiger partial charge in [0.1, 0.15) is 17.6 Å². The van der Waals surface area contributed by atoms with Gasteiger partial charge in [0.05, 0.1) is 12.8 Å². The predicted octanol–water partition coefficient (Wildman–Crippen LogP) is 4.22. The summed E-state index contributed by atoms with van der Waals surface area (Å²) < 4.78 is 5.13. The van der Waals surface area contributed by atoms with E-state index in [2.05, 4.69) is 0 Å². The third-order valence-electron chi connectivity index (χ3n) is 3.85. The maximum Gasteiger partial charge on any atom is 0.144 e. The van der Waals surface area contributed by atoms with Gasteiger partial charge < -0.3 is 20.7 Å². The molecule has 1 unspecified atom stereocenters. The number of phenolic OH excluding ortho intramolecular Hbond substituents is 1. The molecule has 3 aromatic rings. The molecule has 0 radical (unpaired) electrons. The van der Waals surface area contributed by atoms with E-state index in [0.29, 0.717) is 16.9 Å². The van der Waals surface area contributed by atoms with Crippen molar-refractivity contribution in [1.82, 2.24) is 0 Å². The van der Waals surface area contributed by atoms with Crippen molar-refractivity contribution in [2.75, 3.05) is 12.8 Å². The van der Waals surface area contributed by atoms with Crippen LogP contribution < -0.4 is 10.5 Å². The Bertz CT molecular complexity index is 851. The number of nitrogen functional groups attached to an aromatic ring is 1. The molecule has 3 rings (SSSR count). The van der Waals surface area contributed by atoms with Gasteiger partial charge in [-0.3, -0.25) is 0 Å². The minimum atomic E-state index is -0.982. The van der Waals surface area contributed by atoms with Gasteiger partial charge in [0, 0.05) is 15.4 Å². The fourth-order valence-corrected chi connectivity index (χ4v) is 3.45. The van der Waals surface area contributed by atoms with Crippen molar-refractivity contribution in [2.45, 2.75) is 15.9 Å². The number of phenols is 1. The van der Waals surface area contributed by atoms with E-state index in [1.807, 2.05) is 30.3 Å². The average molecular weight is 353 g/mol. The van der Waals surface area contributed by atoms with E-state index in [4.69, 9.17) is 10.5 Å². The van der Waals surface area contributed by atoms with Crippen molar-refractivity contribution in [3.05, 3.63) is 77.9 Å². The number of anilines is 1. The average Bonchev–Trinajstić information content (AvgIpc) is 2.65. The topological polar surface area (TPSA) is 75.7 Å². The van der Waals surface area contributed by atoms with Crippen molar-refractivity contribution in [1.29, 1.82) is 0 Å². The summed E-state index contributed by atoms with van der Waals surface area (Å²) in [5, 5.41) is 21.0. The normalized spacial score (nSPS) is 11.9. The van der Waals surface area contributed by atoms with E-state index < -0.39 is 6.10 Å². The van der Waals surface area contributed by atoms with Crippen LogP contribution >= 0.6 is 11.8 Å². The second-order valence-corrected chi connectivity index (χ2v) is 6.69. The quantitative estimate of drug-likeness (QED) is 0.473. The van der Waals surface area contributed by atoms with Gasteiger partial charge in [0.15, 0.2) is 0 Å². The third kappa shape index (κ3) is 3.90. The van der Waals surface area contributed by atoms with Crippen molar-refractivity contribution in [2.24, 2.45) is 0 Å². The van der Waals surface area contributed by atoms with Crippen molar-refractivity contribution in [3.63, 3.8) is 0 Å². The summed E-state index contributed by atoms with van der Waals surface area (Å²) in [6.07, 6.45) is -0.982. The molecule has 4 nitrogen and oxygen atoms in total. The number of aromatic hydroxyl groups is 1. The Morgan fingerprint density at radius 2 is 1.64 bits per heavy atom. The highest BCUT2D eigenvalue weighted by Crippen LogP contribution is 2.39. The SMILES string of the molecule is COc1ccc(C(O)c2cc(Sc3ccccc3)cc(N)c2O)cc1. The zero-order valence-corrected chi connectivity index (χ0v) is 14.5. The van der Waals surface area contributed by atoms with Crippen LogP contribution in [0.2, 0.25) is 0 Å². The van der Waals surface area contributed by atoms with Gasteiger partial charge in [-0.1, -0.05) is 42.1 Å². The van der Waals surface area contributed by atoms with E-state index in [-0.39, 0.29) is 11.4 Å². The maximum atomic E-state index is 10.7. The number of hydrogen-bond donors (Lipinski definition) is 3. The van der Waals surface area contributed by atoms with E-state index in [1.54, 1.807) is 43.5 Å². The molecule has 0 saturated carbocycles. The number of rotatable bonds is 5. The Balaban J connectivity index is 1.94. The van der Waals surface area contributed by atoms with Crippen molar-refractivity contribution in [3.8, 4) is 11.5 Å². The number of aliphatic hydroxyl groups excluding tert-OH is 1. The van der Waals surface area contributed by atoms with Gasteiger partial charge in [-0.05, 0) is 42.0 Å². The van der Waals surface area contributed by atoms with Crippen LogP contribution in [0.4, 0.5) is 5.69 Å². The lowest BCUT2D eigenvalue weighted by Gasteiger charge is -2.16. The summed E-state index contributed by atoms with van der Waals surface area (Å²) in [7, 11) is 1.59. The fourth-order valence-electron chi connectivity index (χ4n) is 2.51. The highest BCUT2D eigenvalue weighted by atomic mass is 32.2. The standard InChI is InChI=1S/C20H19NO3S/c1-24-14-9-7-13(8-10-14)19(22)17-11-16(12-18(21)20(17)23)25-15-5-3-2-4-6-15/h2-12,19,22-23H,21H2,1H3. The third-order valence-corrected chi connectivity index (χ3v) is 4.83. The molecule has 0 bridgehead atoms. The molecular weight excluding hydrogens is 334 g/mol. The van der Waals surface area contributed by atoms with E-state index >= 15 is 0 Å². The molecule has 25 heavy (non-hydrogen) atoms. The Morgan fingerprint density at radius 1 is 0.960 bits per heavy atom.